The molecule has 0 aliphatic rings. The van der Waals surface area contributed by atoms with Crippen LogP contribution in [0.4, 0.5) is 0 Å². The molecule has 63 heavy (non-hydrogen) atoms. The van der Waals surface area contributed by atoms with E-state index in [1.807, 2.05) is 11.3 Å². The monoisotopic (exact) mass is 1030 g/mol. The third kappa shape index (κ3) is 13.1. The zero-order valence-electron chi connectivity index (χ0n) is 39.4. The highest BCUT2D eigenvalue weighted by Crippen LogP contribution is 2.49. The predicted octanol–water partition coefficient (Wildman–Crippen LogP) is 20.5. The molecular weight excluding hydrogens is 957 g/mol. The van der Waals surface area contributed by atoms with Crippen molar-refractivity contribution in [3.05, 3.63) is 79.4 Å². The molecule has 7 rings (SSSR count). The SMILES string of the molecule is CC(C)CCCC(C)CCCC(C)CCc1ccc2c(c1)c1cc(CCC(C)CCCC(C)CCCC(C)C)ccc1c1nc3c(-c4ccc(Br)s4)sc(-c4ccc(Br)s4)c3nc21. The van der Waals surface area contributed by atoms with Crippen LogP contribution in [0.1, 0.15) is 156 Å². The largest absolute Gasteiger partial charge is 0.242 e. The number of aromatic nitrogens is 2. The van der Waals surface area contributed by atoms with Gasteiger partial charge >= 0.3 is 0 Å². The van der Waals surface area contributed by atoms with Gasteiger partial charge in [-0.2, -0.15) is 0 Å². The predicted molar refractivity (Wildman–Crippen MR) is 290 cm³/mol. The van der Waals surface area contributed by atoms with Crippen LogP contribution in [0.15, 0.2) is 68.2 Å². The number of rotatable bonds is 24. The van der Waals surface area contributed by atoms with Crippen molar-refractivity contribution in [1.82, 2.24) is 9.97 Å². The Morgan fingerprint density at radius 3 is 1.11 bits per heavy atom. The second-order valence-electron chi connectivity index (χ2n) is 20.4. The van der Waals surface area contributed by atoms with Crippen molar-refractivity contribution in [1.29, 1.82) is 0 Å². The molecule has 3 aromatic carbocycles. The summed E-state index contributed by atoms with van der Waals surface area (Å²) in [5.74, 6) is 4.79. The molecule has 0 N–H and O–H groups in total. The molecule has 0 saturated carbocycles. The maximum atomic E-state index is 5.65. The van der Waals surface area contributed by atoms with Crippen LogP contribution in [0.3, 0.4) is 0 Å². The number of benzene rings is 3. The highest BCUT2D eigenvalue weighted by molar-refractivity contribution is 9.11. The van der Waals surface area contributed by atoms with Crippen molar-refractivity contribution in [2.75, 3.05) is 0 Å². The van der Waals surface area contributed by atoms with Gasteiger partial charge in [0.1, 0.15) is 11.0 Å². The van der Waals surface area contributed by atoms with Gasteiger partial charge in [-0.3, -0.25) is 0 Å². The minimum atomic E-state index is 0.727. The number of halogens is 2. The molecule has 4 aromatic heterocycles. The van der Waals surface area contributed by atoms with Gasteiger partial charge in [0.25, 0.3) is 0 Å². The summed E-state index contributed by atoms with van der Waals surface area (Å²) in [6, 6.07) is 23.3. The molecular formula is C56H72Br2N2S3. The van der Waals surface area contributed by atoms with Crippen LogP contribution < -0.4 is 0 Å². The van der Waals surface area contributed by atoms with Crippen LogP contribution in [0.25, 0.3) is 63.1 Å². The van der Waals surface area contributed by atoms with Crippen molar-refractivity contribution < 1.29 is 0 Å². The molecule has 4 unspecified atom stereocenters. The first-order valence-corrected chi connectivity index (χ1v) is 28.5. The Labute approximate surface area is 408 Å². The number of aryl methyl sites for hydroxylation is 2. The van der Waals surface area contributed by atoms with Gasteiger partial charge in [0.05, 0.1) is 28.4 Å². The highest BCUT2D eigenvalue weighted by atomic mass is 79.9. The molecule has 0 fully saturated rings. The van der Waals surface area contributed by atoms with Gasteiger partial charge in [0.15, 0.2) is 0 Å². The third-order valence-corrected chi connectivity index (χ3v) is 18.5. The number of hydrogen-bond donors (Lipinski definition) is 0. The summed E-state index contributed by atoms with van der Waals surface area (Å²) >= 11 is 12.8. The smallest absolute Gasteiger partial charge is 0.110 e. The van der Waals surface area contributed by atoms with E-state index in [1.165, 1.54) is 142 Å². The van der Waals surface area contributed by atoms with Gasteiger partial charge in [-0.15, -0.1) is 34.0 Å². The van der Waals surface area contributed by atoms with Crippen LogP contribution in [-0.4, -0.2) is 9.97 Å². The summed E-state index contributed by atoms with van der Waals surface area (Å²) in [6.07, 6.45) is 21.0. The first kappa shape index (κ1) is 48.8. The molecule has 7 aromatic rings. The quantitative estimate of drug-likeness (QED) is 0.0564. The number of thiophene rings is 3. The maximum Gasteiger partial charge on any atom is 0.110 e. The lowest BCUT2D eigenvalue weighted by Gasteiger charge is -2.16. The Hall–Kier alpha value is -2.16. The minimum Gasteiger partial charge on any atom is -0.242 e. The van der Waals surface area contributed by atoms with Gasteiger partial charge < -0.3 is 0 Å². The summed E-state index contributed by atoms with van der Waals surface area (Å²) in [5, 5.41) is 5.08. The Kier molecular flexibility index (Phi) is 17.8. The lowest BCUT2D eigenvalue weighted by molar-refractivity contribution is 0.392. The van der Waals surface area contributed by atoms with Crippen LogP contribution in [0.5, 0.6) is 0 Å². The number of fused-ring (bicyclic) bond motifs is 7. The number of hydrogen-bond acceptors (Lipinski definition) is 5. The number of nitrogens with zero attached hydrogens (tertiary/aromatic N) is 2. The van der Waals surface area contributed by atoms with E-state index >= 15 is 0 Å². The normalized spacial score (nSPS) is 14.3. The van der Waals surface area contributed by atoms with Crippen molar-refractivity contribution in [3.63, 3.8) is 0 Å². The Morgan fingerprint density at radius 2 is 0.762 bits per heavy atom. The minimum absolute atomic E-state index is 0.727. The molecule has 0 bridgehead atoms. The fourth-order valence-corrected chi connectivity index (χ4v) is 13.8. The first-order chi connectivity index (χ1) is 30.3. The molecule has 0 amide bonds. The Morgan fingerprint density at radius 1 is 0.397 bits per heavy atom. The van der Waals surface area contributed by atoms with Crippen LogP contribution >= 0.6 is 65.9 Å². The van der Waals surface area contributed by atoms with E-state index in [-0.39, 0.29) is 0 Å². The summed E-state index contributed by atoms with van der Waals surface area (Å²) in [7, 11) is 0. The fraction of sp³-hybridized carbons (Fsp3) is 0.536. The molecule has 338 valence electrons. The van der Waals surface area contributed by atoms with Crippen LogP contribution in [-0.2, 0) is 12.8 Å². The van der Waals surface area contributed by atoms with Crippen molar-refractivity contribution >= 4 is 109 Å². The summed E-state index contributed by atoms with van der Waals surface area (Å²) in [6.45, 7) is 19.3. The van der Waals surface area contributed by atoms with E-state index in [0.29, 0.717) is 0 Å². The van der Waals surface area contributed by atoms with Crippen molar-refractivity contribution in [2.45, 2.75) is 158 Å². The lowest BCUT2D eigenvalue weighted by Crippen LogP contribution is -2.02. The zero-order valence-corrected chi connectivity index (χ0v) is 45.0. The fourth-order valence-electron chi connectivity index (χ4n) is 9.67. The van der Waals surface area contributed by atoms with E-state index < -0.39 is 0 Å². The molecule has 0 aliphatic carbocycles. The van der Waals surface area contributed by atoms with Crippen LogP contribution in [0, 0.1) is 35.5 Å². The molecule has 0 saturated heterocycles. The van der Waals surface area contributed by atoms with Gasteiger partial charge in [0.2, 0.25) is 0 Å². The van der Waals surface area contributed by atoms with E-state index in [0.717, 1.165) is 78.0 Å². The van der Waals surface area contributed by atoms with E-state index in [9.17, 15) is 0 Å². The summed E-state index contributed by atoms with van der Waals surface area (Å²) in [5.41, 5.74) is 6.92. The average Bonchev–Trinajstić information content (AvgIpc) is 3.99. The highest BCUT2D eigenvalue weighted by Gasteiger charge is 2.23. The van der Waals surface area contributed by atoms with Crippen molar-refractivity contribution in [2.24, 2.45) is 35.5 Å². The summed E-state index contributed by atoms with van der Waals surface area (Å²) in [4.78, 5) is 16.2. The molecule has 0 spiro atoms. The van der Waals surface area contributed by atoms with Gasteiger partial charge in [-0.05, 0) is 139 Å². The van der Waals surface area contributed by atoms with Gasteiger partial charge in [-0.25, -0.2) is 9.97 Å². The van der Waals surface area contributed by atoms with E-state index in [1.54, 1.807) is 22.7 Å². The lowest BCUT2D eigenvalue weighted by atomic mass is 9.90. The molecule has 4 atom stereocenters. The zero-order chi connectivity index (χ0) is 44.6. The molecule has 0 radical (unpaired) electrons. The second kappa shape index (κ2) is 23.0. The van der Waals surface area contributed by atoms with Gasteiger partial charge in [-0.1, -0.05) is 169 Å². The second-order valence-corrected chi connectivity index (χ2v) is 26.3. The molecule has 4 heterocycles. The molecule has 0 aliphatic heterocycles. The molecule has 2 nitrogen and oxygen atoms in total. The van der Waals surface area contributed by atoms with E-state index in [4.69, 9.17) is 9.97 Å². The topological polar surface area (TPSA) is 25.8 Å². The Balaban J connectivity index is 1.18. The molecule has 7 heteroatoms. The summed E-state index contributed by atoms with van der Waals surface area (Å²) < 4.78 is 2.26. The average molecular weight is 1030 g/mol. The third-order valence-electron chi connectivity index (χ3n) is 13.7. The first-order valence-electron chi connectivity index (χ1n) is 24.5. The van der Waals surface area contributed by atoms with Crippen molar-refractivity contribution in [3.8, 4) is 19.5 Å². The Bertz CT molecular complexity index is 2390. The maximum absolute atomic E-state index is 5.65. The van der Waals surface area contributed by atoms with Gasteiger partial charge in [0, 0.05) is 20.5 Å². The van der Waals surface area contributed by atoms with Crippen LogP contribution in [0.2, 0.25) is 0 Å². The standard InChI is InChI=1S/C56H72Br2N2S3/c1-35(2)13-9-15-37(5)17-11-19-39(7)21-23-41-25-27-43-45(33-41)46-34-42(24-22-40(8)20-12-18-38(6)16-10-14-36(3)4)26-28-44(46)52-51(43)59-53-54(60-52)56(48-30-32-50(58)62-48)63-55(53)47-29-31-49(57)61-47/h25-40H,9-24H2,1-8H3. The van der Waals surface area contributed by atoms with E-state index in [2.05, 4.69) is 148 Å².